The Morgan fingerprint density at radius 1 is 0.286 bits per heavy atom. The lowest BCUT2D eigenvalue weighted by atomic mass is 9.94. The molecule has 0 unspecified atom stereocenters. The molecule has 0 radical (unpaired) electrons. The Kier molecular flexibility index (Phi) is 10.5. The first kappa shape index (κ1) is 36.1. The summed E-state index contributed by atoms with van der Waals surface area (Å²) >= 11 is 0. The Morgan fingerprint density at radius 2 is 0.554 bits per heavy atom. The van der Waals surface area contributed by atoms with Crippen molar-refractivity contribution in [2.45, 2.75) is 27.7 Å². The largest absolute Gasteiger partial charge is 0.310 e. The van der Waals surface area contributed by atoms with Crippen molar-refractivity contribution in [3.8, 4) is 0 Å². The summed E-state index contributed by atoms with van der Waals surface area (Å²) in [7, 11) is 0. The molecular weight excluding hydrogens is 677 g/mol. The fourth-order valence-corrected chi connectivity index (χ4v) is 7.42. The smallest absolute Gasteiger partial charge is 0.0573 e. The van der Waals surface area contributed by atoms with Crippen LogP contribution in [0, 0.1) is 27.7 Å². The fourth-order valence-electron chi connectivity index (χ4n) is 7.42. The van der Waals surface area contributed by atoms with Gasteiger partial charge in [-0.25, -0.2) is 0 Å². The highest BCUT2D eigenvalue weighted by atomic mass is 15.2. The van der Waals surface area contributed by atoms with Gasteiger partial charge in [-0.3, -0.25) is 0 Å². The molecule has 56 heavy (non-hydrogen) atoms. The summed E-state index contributed by atoms with van der Waals surface area (Å²) in [4.78, 5) is 4.87. The van der Waals surface area contributed by atoms with Crippen molar-refractivity contribution in [2.75, 3.05) is 9.80 Å². The van der Waals surface area contributed by atoms with Gasteiger partial charge in [-0.1, -0.05) is 169 Å². The first-order valence-corrected chi connectivity index (χ1v) is 19.3. The van der Waals surface area contributed by atoms with Gasteiger partial charge in [0.25, 0.3) is 0 Å². The average Bonchev–Trinajstić information content (AvgIpc) is 3.25. The predicted molar refractivity (Wildman–Crippen MR) is 243 cm³/mol. The minimum Gasteiger partial charge on any atom is -0.310 e. The van der Waals surface area contributed by atoms with Crippen molar-refractivity contribution >= 4 is 69.2 Å². The zero-order chi connectivity index (χ0) is 38.4. The van der Waals surface area contributed by atoms with Crippen LogP contribution in [0.25, 0.3) is 35.1 Å². The zero-order valence-electron chi connectivity index (χ0n) is 32.5. The van der Waals surface area contributed by atoms with Crippen molar-refractivity contribution < 1.29 is 0 Å². The second-order valence-corrected chi connectivity index (χ2v) is 14.5. The number of hydrogen-bond acceptors (Lipinski definition) is 2. The second kappa shape index (κ2) is 16.2. The molecule has 0 aliphatic carbocycles. The molecular formula is C54H46N2. The fraction of sp³-hybridized carbons (Fsp3) is 0.0741. The number of nitrogens with zero attached hydrogens (tertiary/aromatic N) is 2. The number of rotatable bonds is 10. The van der Waals surface area contributed by atoms with Gasteiger partial charge in [0.1, 0.15) is 0 Å². The standard InChI is InChI=1S/C54H46N2/c1-39-19-31-47(32-20-39)55(49-35-27-45(28-36-49)25-23-43-13-7-5-8-14-43)53-41(3)42(4)54(52-18-12-11-17-51(52)53)56(48-33-21-40(2)22-34-48)50-37-29-46(30-38-50)26-24-44-15-9-6-10-16-44/h5-38H,1-4H3/b25-23+,26-24+. The number of fused-ring (bicyclic) bond motifs is 1. The summed E-state index contributed by atoms with van der Waals surface area (Å²) in [5.41, 5.74) is 16.5. The molecule has 0 saturated heterocycles. The molecule has 2 nitrogen and oxygen atoms in total. The highest BCUT2D eigenvalue weighted by Gasteiger charge is 2.25. The molecule has 8 aromatic carbocycles. The highest BCUT2D eigenvalue weighted by molar-refractivity contribution is 6.10. The second-order valence-electron chi connectivity index (χ2n) is 14.5. The molecule has 8 rings (SSSR count). The third-order valence-corrected chi connectivity index (χ3v) is 10.6. The van der Waals surface area contributed by atoms with E-state index in [1.165, 1.54) is 55.5 Å². The van der Waals surface area contributed by atoms with E-state index in [0.29, 0.717) is 0 Å². The van der Waals surface area contributed by atoms with E-state index in [1.807, 2.05) is 0 Å². The summed E-state index contributed by atoms with van der Waals surface area (Å²) in [6.07, 6.45) is 8.70. The molecule has 8 aromatic rings. The molecule has 0 amide bonds. The minimum atomic E-state index is 1.11. The topological polar surface area (TPSA) is 6.48 Å². The number of aryl methyl sites for hydroxylation is 2. The van der Waals surface area contributed by atoms with Crippen molar-refractivity contribution in [3.63, 3.8) is 0 Å². The molecule has 0 aliphatic heterocycles. The monoisotopic (exact) mass is 722 g/mol. The summed E-state index contributed by atoms with van der Waals surface area (Å²) in [5.74, 6) is 0. The number of benzene rings is 8. The summed E-state index contributed by atoms with van der Waals surface area (Å²) in [6.45, 7) is 8.85. The van der Waals surface area contributed by atoms with Gasteiger partial charge < -0.3 is 9.80 Å². The Labute approximate surface area is 332 Å². The van der Waals surface area contributed by atoms with Crippen LogP contribution < -0.4 is 9.80 Å². The van der Waals surface area contributed by atoms with Crippen molar-refractivity contribution in [3.05, 3.63) is 226 Å². The van der Waals surface area contributed by atoms with Gasteiger partial charge >= 0.3 is 0 Å². The van der Waals surface area contributed by atoms with Crippen LogP contribution in [-0.4, -0.2) is 0 Å². The number of anilines is 6. The third-order valence-electron chi connectivity index (χ3n) is 10.6. The van der Waals surface area contributed by atoms with Crippen LogP contribution in [-0.2, 0) is 0 Å². The van der Waals surface area contributed by atoms with Crippen LogP contribution in [0.2, 0.25) is 0 Å². The zero-order valence-corrected chi connectivity index (χ0v) is 32.5. The Bertz CT molecular complexity index is 2430. The van der Waals surface area contributed by atoms with Crippen molar-refractivity contribution in [1.82, 2.24) is 0 Å². The lowest BCUT2D eigenvalue weighted by molar-refractivity contribution is 1.21. The molecule has 2 heteroatoms. The molecule has 0 aromatic heterocycles. The molecule has 0 saturated carbocycles. The first-order chi connectivity index (χ1) is 27.4. The molecule has 0 atom stereocenters. The van der Waals surface area contributed by atoms with Crippen LogP contribution in [0.4, 0.5) is 34.1 Å². The molecule has 0 fully saturated rings. The quantitative estimate of drug-likeness (QED) is 0.130. The molecule has 272 valence electrons. The minimum absolute atomic E-state index is 1.11. The summed E-state index contributed by atoms with van der Waals surface area (Å²) in [5, 5.41) is 2.39. The maximum absolute atomic E-state index is 2.43. The average molecular weight is 723 g/mol. The van der Waals surface area contributed by atoms with E-state index in [4.69, 9.17) is 0 Å². The molecule has 0 bridgehead atoms. The van der Waals surface area contributed by atoms with Crippen LogP contribution in [0.3, 0.4) is 0 Å². The van der Waals surface area contributed by atoms with Gasteiger partial charge in [-0.05, 0) is 110 Å². The van der Waals surface area contributed by atoms with Gasteiger partial charge in [-0.15, -0.1) is 0 Å². The Hall–Kier alpha value is -6.90. The first-order valence-electron chi connectivity index (χ1n) is 19.3. The van der Waals surface area contributed by atoms with Crippen molar-refractivity contribution in [2.24, 2.45) is 0 Å². The van der Waals surface area contributed by atoms with E-state index in [-0.39, 0.29) is 0 Å². The SMILES string of the molecule is Cc1ccc(N(c2ccc(/C=C/c3ccccc3)cc2)c2c(C)c(C)c(N(c3ccc(C)cc3)c3ccc(/C=C/c4ccccc4)cc3)c3ccccc23)cc1. The van der Waals surface area contributed by atoms with Crippen molar-refractivity contribution in [1.29, 1.82) is 0 Å². The van der Waals surface area contributed by atoms with Gasteiger partial charge in [-0.2, -0.15) is 0 Å². The van der Waals surface area contributed by atoms with Crippen LogP contribution in [0.15, 0.2) is 182 Å². The van der Waals surface area contributed by atoms with E-state index in [2.05, 4.69) is 244 Å². The molecule has 0 spiro atoms. The van der Waals surface area contributed by atoms with Gasteiger partial charge in [0.15, 0.2) is 0 Å². The lowest BCUT2D eigenvalue weighted by Crippen LogP contribution is -2.16. The van der Waals surface area contributed by atoms with Gasteiger partial charge in [0, 0.05) is 33.5 Å². The highest BCUT2D eigenvalue weighted by Crippen LogP contribution is 2.49. The summed E-state index contributed by atoms with van der Waals surface area (Å²) < 4.78 is 0. The predicted octanol–water partition coefficient (Wildman–Crippen LogP) is 15.4. The third kappa shape index (κ3) is 7.69. The normalized spacial score (nSPS) is 11.4. The molecule has 0 heterocycles. The van der Waals surface area contributed by atoms with Crippen LogP contribution in [0.5, 0.6) is 0 Å². The number of hydrogen-bond donors (Lipinski definition) is 0. The maximum Gasteiger partial charge on any atom is 0.0573 e. The maximum atomic E-state index is 2.43. The summed E-state index contributed by atoms with van der Waals surface area (Å²) in [6, 6.07) is 65.4. The van der Waals surface area contributed by atoms with Crippen LogP contribution in [0.1, 0.15) is 44.5 Å². The van der Waals surface area contributed by atoms with Gasteiger partial charge in [0.05, 0.1) is 11.4 Å². The molecule has 0 N–H and O–H groups in total. The lowest BCUT2D eigenvalue weighted by Gasteiger charge is -2.34. The van der Waals surface area contributed by atoms with E-state index in [9.17, 15) is 0 Å². The Balaban J connectivity index is 1.27. The van der Waals surface area contributed by atoms with E-state index in [0.717, 1.165) is 33.9 Å². The van der Waals surface area contributed by atoms with E-state index in [1.54, 1.807) is 0 Å². The van der Waals surface area contributed by atoms with E-state index >= 15 is 0 Å². The Morgan fingerprint density at radius 3 is 0.875 bits per heavy atom. The molecule has 0 aliphatic rings. The van der Waals surface area contributed by atoms with E-state index < -0.39 is 0 Å². The van der Waals surface area contributed by atoms with Gasteiger partial charge in [0.2, 0.25) is 0 Å². The van der Waals surface area contributed by atoms with Crippen LogP contribution >= 0.6 is 0 Å².